The summed E-state index contributed by atoms with van der Waals surface area (Å²) in [6, 6.07) is 16.9. The summed E-state index contributed by atoms with van der Waals surface area (Å²) in [5.41, 5.74) is 2.34. The van der Waals surface area contributed by atoms with Crippen LogP contribution in [0.4, 0.5) is 5.69 Å². The van der Waals surface area contributed by atoms with Crippen LogP contribution in [0.2, 0.25) is 0 Å². The number of nitrogens with zero attached hydrogens (tertiary/aromatic N) is 2. The van der Waals surface area contributed by atoms with Crippen LogP contribution < -0.4 is 10.2 Å². The summed E-state index contributed by atoms with van der Waals surface area (Å²) in [4.78, 5) is 15.6. The Labute approximate surface area is 191 Å². The van der Waals surface area contributed by atoms with Gasteiger partial charge in [-0.25, -0.2) is 8.42 Å². The molecule has 4 rings (SSSR count). The number of piperidine rings is 2. The van der Waals surface area contributed by atoms with Gasteiger partial charge < -0.3 is 10.2 Å². The molecule has 7 heteroatoms. The summed E-state index contributed by atoms with van der Waals surface area (Å²) in [6.07, 6.45) is 4.89. The summed E-state index contributed by atoms with van der Waals surface area (Å²) < 4.78 is 27.1. The van der Waals surface area contributed by atoms with E-state index in [0.717, 1.165) is 18.7 Å². The molecule has 2 saturated heterocycles. The highest BCUT2D eigenvalue weighted by molar-refractivity contribution is 7.89. The van der Waals surface area contributed by atoms with Gasteiger partial charge in [0.1, 0.15) is 0 Å². The number of nitrogens with one attached hydrogen (secondary N) is 1. The van der Waals surface area contributed by atoms with Gasteiger partial charge in [0, 0.05) is 37.8 Å². The third-order valence-corrected chi connectivity index (χ3v) is 8.59. The van der Waals surface area contributed by atoms with Gasteiger partial charge in [0.15, 0.2) is 0 Å². The fourth-order valence-electron chi connectivity index (χ4n) is 4.64. The largest absolute Gasteiger partial charge is 0.372 e. The molecule has 0 spiro atoms. The molecule has 2 aromatic rings. The first-order valence-electron chi connectivity index (χ1n) is 11.7. The molecule has 1 N–H and O–H groups in total. The lowest BCUT2D eigenvalue weighted by molar-refractivity contribution is -0.126. The van der Waals surface area contributed by atoms with Gasteiger partial charge in [-0.05, 0) is 68.9 Å². The van der Waals surface area contributed by atoms with Crippen molar-refractivity contribution in [1.82, 2.24) is 9.62 Å². The van der Waals surface area contributed by atoms with Crippen LogP contribution in [0.1, 0.15) is 50.6 Å². The van der Waals surface area contributed by atoms with E-state index in [1.807, 2.05) is 6.92 Å². The molecule has 0 aliphatic carbocycles. The summed E-state index contributed by atoms with van der Waals surface area (Å²) in [7, 11) is -3.49. The Kier molecular flexibility index (Phi) is 7.16. The van der Waals surface area contributed by atoms with Crippen LogP contribution in [0.15, 0.2) is 59.5 Å². The molecule has 0 bridgehead atoms. The predicted molar refractivity (Wildman–Crippen MR) is 127 cm³/mol. The van der Waals surface area contributed by atoms with Gasteiger partial charge in [0.05, 0.1) is 10.9 Å². The van der Waals surface area contributed by atoms with E-state index in [1.165, 1.54) is 29.3 Å². The maximum absolute atomic E-state index is 12.8. The van der Waals surface area contributed by atoms with Gasteiger partial charge in [-0.2, -0.15) is 4.31 Å². The minimum Gasteiger partial charge on any atom is -0.372 e. The summed E-state index contributed by atoms with van der Waals surface area (Å²) in [6.45, 7) is 4.97. The smallest absolute Gasteiger partial charge is 0.243 e. The van der Waals surface area contributed by atoms with Gasteiger partial charge in [-0.1, -0.05) is 30.3 Å². The van der Waals surface area contributed by atoms with Crippen LogP contribution in [0, 0.1) is 5.92 Å². The first-order valence-corrected chi connectivity index (χ1v) is 13.1. The maximum Gasteiger partial charge on any atom is 0.243 e. The van der Waals surface area contributed by atoms with Crippen LogP contribution in [0.25, 0.3) is 0 Å². The molecule has 2 heterocycles. The van der Waals surface area contributed by atoms with E-state index in [1.54, 1.807) is 30.3 Å². The number of sulfonamides is 1. The second kappa shape index (κ2) is 10.0. The van der Waals surface area contributed by atoms with E-state index in [4.69, 9.17) is 0 Å². The van der Waals surface area contributed by atoms with E-state index in [0.29, 0.717) is 30.8 Å². The molecule has 0 unspecified atom stereocenters. The number of benzene rings is 2. The molecule has 6 nitrogen and oxygen atoms in total. The lowest BCUT2D eigenvalue weighted by Crippen LogP contribution is -2.43. The van der Waals surface area contributed by atoms with Gasteiger partial charge >= 0.3 is 0 Å². The molecule has 32 heavy (non-hydrogen) atoms. The molecule has 2 aliphatic heterocycles. The second-order valence-corrected chi connectivity index (χ2v) is 10.8. The Hall–Kier alpha value is -2.38. The second-order valence-electron chi connectivity index (χ2n) is 8.86. The lowest BCUT2D eigenvalue weighted by atomic mass is 9.96. The van der Waals surface area contributed by atoms with Crippen LogP contribution in [-0.2, 0) is 14.8 Å². The maximum atomic E-state index is 12.8. The van der Waals surface area contributed by atoms with Crippen molar-refractivity contribution >= 4 is 21.6 Å². The number of rotatable bonds is 6. The van der Waals surface area contributed by atoms with Crippen LogP contribution in [-0.4, -0.2) is 44.8 Å². The normalized spacial score (nSPS) is 19.5. The minimum atomic E-state index is -3.49. The van der Waals surface area contributed by atoms with Crippen LogP contribution in [0.3, 0.4) is 0 Å². The van der Waals surface area contributed by atoms with E-state index in [9.17, 15) is 13.2 Å². The van der Waals surface area contributed by atoms with Gasteiger partial charge in [-0.15, -0.1) is 0 Å². The number of carbonyl (C=O) groups is 1. The van der Waals surface area contributed by atoms with Crippen molar-refractivity contribution in [3.8, 4) is 0 Å². The number of hydrogen-bond acceptors (Lipinski definition) is 4. The molecule has 0 aromatic heterocycles. The monoisotopic (exact) mass is 455 g/mol. The van der Waals surface area contributed by atoms with Crippen molar-refractivity contribution < 1.29 is 13.2 Å². The minimum absolute atomic E-state index is 0.00867. The van der Waals surface area contributed by atoms with Crippen LogP contribution >= 0.6 is 0 Å². The molecular formula is C25H33N3O3S. The van der Waals surface area contributed by atoms with Gasteiger partial charge in [0.2, 0.25) is 15.9 Å². The first-order chi connectivity index (χ1) is 15.4. The molecule has 1 atom stereocenters. The van der Waals surface area contributed by atoms with Crippen molar-refractivity contribution in [3.05, 3.63) is 60.2 Å². The van der Waals surface area contributed by atoms with Crippen LogP contribution in [0.5, 0.6) is 0 Å². The standard InChI is InChI=1S/C25H33N3O3S/c1-20(21-10-12-23(13-11-21)27-16-6-3-7-17-27)26-25(29)22-14-18-28(19-15-22)32(30,31)24-8-4-2-5-9-24/h2,4-5,8-13,20,22H,3,6-7,14-19H2,1H3,(H,26,29)/t20-/m1/s1. The molecule has 0 saturated carbocycles. The first kappa shape index (κ1) is 22.8. The van der Waals surface area contributed by atoms with Crippen molar-refractivity contribution in [3.63, 3.8) is 0 Å². The fourth-order valence-corrected chi connectivity index (χ4v) is 6.13. The number of carbonyl (C=O) groups excluding carboxylic acids is 1. The van der Waals surface area contributed by atoms with E-state index in [-0.39, 0.29) is 17.9 Å². The third-order valence-electron chi connectivity index (χ3n) is 6.68. The van der Waals surface area contributed by atoms with E-state index >= 15 is 0 Å². The highest BCUT2D eigenvalue weighted by Gasteiger charge is 2.32. The highest BCUT2D eigenvalue weighted by Crippen LogP contribution is 2.26. The Morgan fingerprint density at radius 3 is 2.16 bits per heavy atom. The summed E-state index contributed by atoms with van der Waals surface area (Å²) >= 11 is 0. The Balaban J connectivity index is 1.30. The quantitative estimate of drug-likeness (QED) is 0.716. The average molecular weight is 456 g/mol. The van der Waals surface area contributed by atoms with Crippen molar-refractivity contribution in [2.45, 2.75) is 50.0 Å². The van der Waals surface area contributed by atoms with Crippen molar-refractivity contribution in [2.75, 3.05) is 31.1 Å². The topological polar surface area (TPSA) is 69.7 Å². The van der Waals surface area contributed by atoms with Gasteiger partial charge in [-0.3, -0.25) is 4.79 Å². The zero-order valence-corrected chi connectivity index (χ0v) is 19.6. The molecule has 2 aliphatic rings. The van der Waals surface area contributed by atoms with Gasteiger partial charge in [0.25, 0.3) is 0 Å². The zero-order valence-electron chi connectivity index (χ0n) is 18.7. The molecular weight excluding hydrogens is 422 g/mol. The van der Waals surface area contributed by atoms with E-state index < -0.39 is 10.0 Å². The predicted octanol–water partition coefficient (Wildman–Crippen LogP) is 3.96. The SMILES string of the molecule is C[C@@H](NC(=O)C1CCN(S(=O)(=O)c2ccccc2)CC1)c1ccc(N2CCCCC2)cc1. The fraction of sp³-hybridized carbons (Fsp3) is 0.480. The Morgan fingerprint density at radius 1 is 0.906 bits per heavy atom. The third kappa shape index (κ3) is 5.15. The lowest BCUT2D eigenvalue weighted by Gasteiger charge is -2.31. The molecule has 1 amide bonds. The zero-order chi connectivity index (χ0) is 22.6. The Morgan fingerprint density at radius 2 is 1.53 bits per heavy atom. The van der Waals surface area contributed by atoms with Crippen molar-refractivity contribution in [1.29, 1.82) is 0 Å². The molecule has 2 fully saturated rings. The molecule has 172 valence electrons. The number of amides is 1. The summed E-state index contributed by atoms with van der Waals surface area (Å²) in [5, 5.41) is 3.13. The molecule has 2 aromatic carbocycles. The van der Waals surface area contributed by atoms with E-state index in [2.05, 4.69) is 34.5 Å². The highest BCUT2D eigenvalue weighted by atomic mass is 32.2. The Bertz CT molecular complexity index is 994. The number of anilines is 1. The molecule has 0 radical (unpaired) electrons. The average Bonchev–Trinajstić information content (AvgIpc) is 2.85. The summed E-state index contributed by atoms with van der Waals surface area (Å²) in [5.74, 6) is -0.151. The number of hydrogen-bond donors (Lipinski definition) is 1. The van der Waals surface area contributed by atoms with Crippen molar-refractivity contribution in [2.24, 2.45) is 5.92 Å².